The first-order valence-electron chi connectivity index (χ1n) is 9.08. The van der Waals surface area contributed by atoms with Gasteiger partial charge in [-0.15, -0.1) is 0 Å². The number of aromatic amines is 1. The molecule has 2 heterocycles. The Morgan fingerprint density at radius 3 is 2.93 bits per heavy atom. The lowest BCUT2D eigenvalue weighted by molar-refractivity contribution is -0.144. The Labute approximate surface area is 157 Å². The van der Waals surface area contributed by atoms with Gasteiger partial charge in [0.15, 0.2) is 0 Å². The number of hydrogen-bond donors (Lipinski definition) is 1. The summed E-state index contributed by atoms with van der Waals surface area (Å²) in [5, 5.41) is 6.81. The zero-order valence-corrected chi connectivity index (χ0v) is 15.1. The van der Waals surface area contributed by atoms with Crippen molar-refractivity contribution >= 4 is 5.97 Å². The first kappa shape index (κ1) is 17.3. The molecule has 0 saturated heterocycles. The molecular formula is C21H21N3O3. The number of nitrogens with one attached hydrogen (secondary N) is 1. The van der Waals surface area contributed by atoms with Crippen molar-refractivity contribution in [3.8, 4) is 17.1 Å². The maximum atomic E-state index is 11.8. The van der Waals surface area contributed by atoms with E-state index < -0.39 is 0 Å². The molecule has 1 aliphatic carbocycles. The van der Waals surface area contributed by atoms with Gasteiger partial charge < -0.3 is 9.47 Å². The smallest absolute Gasteiger partial charge is 0.309 e. The monoisotopic (exact) mass is 363 g/mol. The molecule has 0 radical (unpaired) electrons. The highest BCUT2D eigenvalue weighted by atomic mass is 16.5. The van der Waals surface area contributed by atoms with Gasteiger partial charge in [0.2, 0.25) is 0 Å². The second-order valence-electron chi connectivity index (χ2n) is 6.58. The topological polar surface area (TPSA) is 77.1 Å². The number of carbonyl (C=O) groups is 1. The minimum Gasteiger partial charge on any atom is -0.487 e. The molecule has 0 bridgehead atoms. The molecule has 1 N–H and O–H groups in total. The minimum atomic E-state index is -0.0902. The molecule has 1 aromatic carbocycles. The Morgan fingerprint density at radius 1 is 1.26 bits per heavy atom. The maximum absolute atomic E-state index is 11.8. The summed E-state index contributed by atoms with van der Waals surface area (Å²) in [6, 6.07) is 13.9. The Hall–Kier alpha value is -3.15. The second kappa shape index (κ2) is 7.61. The number of H-pyrrole nitrogens is 1. The fourth-order valence-electron chi connectivity index (χ4n) is 3.18. The highest BCUT2D eigenvalue weighted by Gasteiger charge is 2.45. The standard InChI is InChI=1S/C21H21N3O3/c1-2-26-21(25)18-11-17(18)15-5-3-4-14(10-15)13-27-16-6-7-19(22-12-16)20-8-9-23-24-20/h3-10,12,17-18H,2,11,13H2,1H3,(H,23,24). The predicted octanol–water partition coefficient (Wildman–Crippen LogP) is 3.72. The SMILES string of the molecule is CCOC(=O)C1CC1c1cccc(COc2ccc(-c3ccn[nH]3)nc2)c1. The predicted molar refractivity (Wildman–Crippen MR) is 100 cm³/mol. The van der Waals surface area contributed by atoms with Crippen LogP contribution in [0.15, 0.2) is 54.9 Å². The van der Waals surface area contributed by atoms with E-state index in [1.807, 2.05) is 37.3 Å². The number of ether oxygens (including phenoxy) is 2. The number of carbonyl (C=O) groups excluding carboxylic acids is 1. The van der Waals surface area contributed by atoms with Crippen LogP contribution in [0.1, 0.15) is 30.4 Å². The van der Waals surface area contributed by atoms with Crippen molar-refractivity contribution in [2.75, 3.05) is 6.61 Å². The van der Waals surface area contributed by atoms with E-state index in [-0.39, 0.29) is 17.8 Å². The molecule has 2 unspecified atom stereocenters. The molecule has 0 aliphatic heterocycles. The van der Waals surface area contributed by atoms with Gasteiger partial charge >= 0.3 is 5.97 Å². The molecule has 6 heteroatoms. The van der Waals surface area contributed by atoms with Gasteiger partial charge in [-0.3, -0.25) is 14.9 Å². The lowest BCUT2D eigenvalue weighted by Gasteiger charge is -2.08. The average molecular weight is 363 g/mol. The third-order valence-corrected chi connectivity index (χ3v) is 4.68. The number of nitrogens with zero attached hydrogens (tertiary/aromatic N) is 2. The molecule has 4 rings (SSSR count). The molecule has 0 amide bonds. The highest BCUT2D eigenvalue weighted by Crippen LogP contribution is 2.48. The number of hydrogen-bond acceptors (Lipinski definition) is 5. The lowest BCUT2D eigenvalue weighted by Crippen LogP contribution is -2.07. The van der Waals surface area contributed by atoms with Crippen LogP contribution in [0.2, 0.25) is 0 Å². The molecule has 6 nitrogen and oxygen atoms in total. The van der Waals surface area contributed by atoms with Gasteiger partial charge in [-0.25, -0.2) is 0 Å². The zero-order chi connectivity index (χ0) is 18.6. The second-order valence-corrected chi connectivity index (χ2v) is 6.58. The van der Waals surface area contributed by atoms with Crippen LogP contribution in [0.25, 0.3) is 11.4 Å². The highest BCUT2D eigenvalue weighted by molar-refractivity contribution is 5.77. The number of rotatable bonds is 7. The van der Waals surface area contributed by atoms with Crippen LogP contribution < -0.4 is 4.74 Å². The first-order chi connectivity index (χ1) is 13.2. The van der Waals surface area contributed by atoms with Gasteiger partial charge in [0.05, 0.1) is 30.1 Å². The molecule has 27 heavy (non-hydrogen) atoms. The van der Waals surface area contributed by atoms with E-state index in [0.29, 0.717) is 19.0 Å². The molecule has 0 spiro atoms. The summed E-state index contributed by atoms with van der Waals surface area (Å²) >= 11 is 0. The van der Waals surface area contributed by atoms with E-state index in [0.717, 1.165) is 23.4 Å². The number of aromatic nitrogens is 3. The summed E-state index contributed by atoms with van der Waals surface area (Å²) in [5.41, 5.74) is 3.93. The largest absolute Gasteiger partial charge is 0.487 e. The van der Waals surface area contributed by atoms with Crippen molar-refractivity contribution in [2.45, 2.75) is 25.9 Å². The summed E-state index contributed by atoms with van der Waals surface area (Å²) in [4.78, 5) is 16.2. The summed E-state index contributed by atoms with van der Waals surface area (Å²) in [6.45, 7) is 2.72. The Morgan fingerprint density at radius 2 is 2.19 bits per heavy atom. The summed E-state index contributed by atoms with van der Waals surface area (Å²) in [5.74, 6) is 0.881. The zero-order valence-electron chi connectivity index (χ0n) is 15.1. The molecule has 2 atom stereocenters. The maximum Gasteiger partial charge on any atom is 0.309 e. The van der Waals surface area contributed by atoms with E-state index in [2.05, 4.69) is 27.3 Å². The number of esters is 1. The molecular weight excluding hydrogens is 342 g/mol. The van der Waals surface area contributed by atoms with E-state index in [9.17, 15) is 4.79 Å². The van der Waals surface area contributed by atoms with Gasteiger partial charge in [-0.2, -0.15) is 5.10 Å². The van der Waals surface area contributed by atoms with Crippen molar-refractivity contribution < 1.29 is 14.3 Å². The molecule has 1 saturated carbocycles. The fraction of sp³-hybridized carbons (Fsp3) is 0.286. The van der Waals surface area contributed by atoms with E-state index in [1.165, 1.54) is 5.56 Å². The molecule has 3 aromatic rings. The fourth-order valence-corrected chi connectivity index (χ4v) is 3.18. The Balaban J connectivity index is 1.36. The Bertz CT molecular complexity index is 907. The van der Waals surface area contributed by atoms with Crippen molar-refractivity contribution in [3.63, 3.8) is 0 Å². The van der Waals surface area contributed by atoms with Gasteiger partial charge in [-0.1, -0.05) is 24.3 Å². The third-order valence-electron chi connectivity index (χ3n) is 4.68. The van der Waals surface area contributed by atoms with Gasteiger partial charge in [0.1, 0.15) is 12.4 Å². The van der Waals surface area contributed by atoms with Crippen LogP contribution >= 0.6 is 0 Å². The van der Waals surface area contributed by atoms with Crippen molar-refractivity contribution in [1.82, 2.24) is 15.2 Å². The van der Waals surface area contributed by atoms with Crippen molar-refractivity contribution in [2.24, 2.45) is 5.92 Å². The van der Waals surface area contributed by atoms with E-state index in [1.54, 1.807) is 12.4 Å². The summed E-state index contributed by atoms with van der Waals surface area (Å²) in [6.07, 6.45) is 4.26. The van der Waals surface area contributed by atoms with Crippen LogP contribution in [-0.4, -0.2) is 27.8 Å². The van der Waals surface area contributed by atoms with Crippen LogP contribution in [0.5, 0.6) is 5.75 Å². The normalized spacial score (nSPS) is 18.1. The van der Waals surface area contributed by atoms with Crippen LogP contribution in [0.3, 0.4) is 0 Å². The van der Waals surface area contributed by atoms with Crippen molar-refractivity contribution in [3.05, 3.63) is 66.0 Å². The lowest BCUT2D eigenvalue weighted by atomic mass is 10.1. The Kier molecular flexibility index (Phi) is 4.87. The van der Waals surface area contributed by atoms with Crippen LogP contribution in [0.4, 0.5) is 0 Å². The minimum absolute atomic E-state index is 0.000318. The van der Waals surface area contributed by atoms with Gasteiger partial charge in [0, 0.05) is 6.20 Å². The number of benzene rings is 1. The van der Waals surface area contributed by atoms with E-state index >= 15 is 0 Å². The van der Waals surface area contributed by atoms with Crippen molar-refractivity contribution in [1.29, 1.82) is 0 Å². The van der Waals surface area contributed by atoms with Gasteiger partial charge in [0.25, 0.3) is 0 Å². The third kappa shape index (κ3) is 4.00. The quantitative estimate of drug-likeness (QED) is 0.648. The summed E-state index contributed by atoms with van der Waals surface area (Å²) < 4.78 is 11.0. The molecule has 1 fully saturated rings. The molecule has 138 valence electrons. The van der Waals surface area contributed by atoms with Gasteiger partial charge in [-0.05, 0) is 48.6 Å². The first-order valence-corrected chi connectivity index (χ1v) is 9.08. The number of pyridine rings is 1. The molecule has 1 aliphatic rings. The molecule has 2 aromatic heterocycles. The summed E-state index contributed by atoms with van der Waals surface area (Å²) in [7, 11) is 0. The average Bonchev–Trinajstić information content (AvgIpc) is 3.33. The van der Waals surface area contributed by atoms with E-state index in [4.69, 9.17) is 9.47 Å². The van der Waals surface area contributed by atoms with Crippen LogP contribution in [0, 0.1) is 5.92 Å². The van der Waals surface area contributed by atoms with Crippen LogP contribution in [-0.2, 0) is 16.1 Å².